The maximum absolute atomic E-state index is 11.6. The van der Waals surface area contributed by atoms with Crippen LogP contribution in [0.4, 0.5) is 0 Å². The molecule has 0 saturated carbocycles. The summed E-state index contributed by atoms with van der Waals surface area (Å²) < 4.78 is 0. The van der Waals surface area contributed by atoms with Gasteiger partial charge in [-0.25, -0.2) is 0 Å². The summed E-state index contributed by atoms with van der Waals surface area (Å²) in [7, 11) is 0. The summed E-state index contributed by atoms with van der Waals surface area (Å²) in [4.78, 5) is 13.5. The second-order valence-electron chi connectivity index (χ2n) is 4.37. The molecule has 76 valence electrons. The van der Waals surface area contributed by atoms with Crippen molar-refractivity contribution >= 4 is 5.91 Å². The molecule has 13 heavy (non-hydrogen) atoms. The molecular weight excluding hydrogens is 164 g/mol. The van der Waals surface area contributed by atoms with E-state index in [-0.39, 0.29) is 11.9 Å². The number of carbonyl (C=O) groups is 1. The molecule has 1 N–H and O–H groups in total. The number of nitrogens with one attached hydrogen (secondary N) is 1. The summed E-state index contributed by atoms with van der Waals surface area (Å²) in [5, 5.41) is 3.15. The molecule has 1 aliphatic heterocycles. The van der Waals surface area contributed by atoms with Crippen LogP contribution in [0.3, 0.4) is 0 Å². The van der Waals surface area contributed by atoms with Crippen LogP contribution in [0.25, 0.3) is 0 Å². The van der Waals surface area contributed by atoms with Gasteiger partial charge in [-0.05, 0) is 26.2 Å². The Kier molecular flexibility index (Phi) is 3.31. The molecule has 2 atom stereocenters. The fourth-order valence-corrected chi connectivity index (χ4v) is 1.83. The van der Waals surface area contributed by atoms with E-state index in [1.807, 2.05) is 11.8 Å². The van der Waals surface area contributed by atoms with Gasteiger partial charge in [0.2, 0.25) is 5.91 Å². The first-order valence-electron chi connectivity index (χ1n) is 5.06. The highest BCUT2D eigenvalue weighted by Gasteiger charge is 2.30. The first kappa shape index (κ1) is 10.5. The zero-order valence-corrected chi connectivity index (χ0v) is 9.00. The SMILES string of the molecule is CC(C)CC(C)N1CNC(C)C1=O. The van der Waals surface area contributed by atoms with Gasteiger partial charge < -0.3 is 4.90 Å². The van der Waals surface area contributed by atoms with Crippen molar-refractivity contribution in [1.29, 1.82) is 0 Å². The number of carbonyl (C=O) groups excluding carboxylic acids is 1. The van der Waals surface area contributed by atoms with E-state index in [1.165, 1.54) is 0 Å². The van der Waals surface area contributed by atoms with E-state index in [1.54, 1.807) is 0 Å². The van der Waals surface area contributed by atoms with Crippen molar-refractivity contribution in [2.75, 3.05) is 6.67 Å². The van der Waals surface area contributed by atoms with Gasteiger partial charge in [0.25, 0.3) is 0 Å². The molecule has 0 spiro atoms. The van der Waals surface area contributed by atoms with Crippen LogP contribution < -0.4 is 5.32 Å². The average Bonchev–Trinajstić information content (AvgIpc) is 2.31. The molecule has 0 aromatic heterocycles. The molecule has 1 fully saturated rings. The quantitative estimate of drug-likeness (QED) is 0.714. The van der Waals surface area contributed by atoms with Crippen molar-refractivity contribution in [3.8, 4) is 0 Å². The molecule has 1 aliphatic rings. The maximum atomic E-state index is 11.6. The molecule has 0 radical (unpaired) electrons. The zero-order valence-electron chi connectivity index (χ0n) is 9.00. The summed E-state index contributed by atoms with van der Waals surface area (Å²) in [6.07, 6.45) is 1.08. The fraction of sp³-hybridized carbons (Fsp3) is 0.900. The molecule has 0 aromatic carbocycles. The van der Waals surface area contributed by atoms with Crippen LogP contribution in [0.5, 0.6) is 0 Å². The molecule has 1 amide bonds. The van der Waals surface area contributed by atoms with Gasteiger partial charge in [-0.2, -0.15) is 0 Å². The normalized spacial score (nSPS) is 25.8. The summed E-state index contributed by atoms with van der Waals surface area (Å²) in [6.45, 7) is 9.14. The Bertz CT molecular complexity index is 191. The second kappa shape index (κ2) is 4.09. The second-order valence-corrected chi connectivity index (χ2v) is 4.37. The van der Waals surface area contributed by atoms with Gasteiger partial charge in [0.15, 0.2) is 0 Å². The third-order valence-electron chi connectivity index (χ3n) is 2.57. The summed E-state index contributed by atoms with van der Waals surface area (Å²) in [5.74, 6) is 0.895. The predicted octanol–water partition coefficient (Wildman–Crippen LogP) is 1.20. The van der Waals surface area contributed by atoms with Crippen molar-refractivity contribution in [3.63, 3.8) is 0 Å². The Morgan fingerprint density at radius 1 is 1.54 bits per heavy atom. The van der Waals surface area contributed by atoms with Crippen molar-refractivity contribution in [1.82, 2.24) is 10.2 Å². The Morgan fingerprint density at radius 3 is 2.54 bits per heavy atom. The molecule has 2 unspecified atom stereocenters. The van der Waals surface area contributed by atoms with Crippen LogP contribution >= 0.6 is 0 Å². The topological polar surface area (TPSA) is 32.3 Å². The minimum atomic E-state index is 0.00890. The third kappa shape index (κ3) is 2.44. The van der Waals surface area contributed by atoms with Gasteiger partial charge in [0.1, 0.15) is 0 Å². The van der Waals surface area contributed by atoms with E-state index in [4.69, 9.17) is 0 Å². The maximum Gasteiger partial charge on any atom is 0.240 e. The number of hydrogen-bond acceptors (Lipinski definition) is 2. The van der Waals surface area contributed by atoms with E-state index in [2.05, 4.69) is 26.1 Å². The Morgan fingerprint density at radius 2 is 2.15 bits per heavy atom. The highest BCUT2D eigenvalue weighted by Crippen LogP contribution is 2.14. The van der Waals surface area contributed by atoms with Crippen molar-refractivity contribution < 1.29 is 4.79 Å². The molecule has 1 rings (SSSR count). The van der Waals surface area contributed by atoms with E-state index >= 15 is 0 Å². The van der Waals surface area contributed by atoms with Crippen LogP contribution in [0, 0.1) is 5.92 Å². The molecule has 0 aromatic rings. The highest BCUT2D eigenvalue weighted by atomic mass is 16.2. The van der Waals surface area contributed by atoms with E-state index < -0.39 is 0 Å². The molecule has 0 bridgehead atoms. The molecule has 1 heterocycles. The Balaban J connectivity index is 2.48. The van der Waals surface area contributed by atoms with Crippen molar-refractivity contribution in [2.45, 2.75) is 46.2 Å². The van der Waals surface area contributed by atoms with Gasteiger partial charge in [0.05, 0.1) is 12.7 Å². The Labute approximate surface area is 80.5 Å². The predicted molar refractivity (Wildman–Crippen MR) is 53.2 cm³/mol. The molecule has 1 saturated heterocycles. The highest BCUT2D eigenvalue weighted by molar-refractivity contribution is 5.83. The Hall–Kier alpha value is -0.570. The first-order valence-corrected chi connectivity index (χ1v) is 5.06. The van der Waals surface area contributed by atoms with Gasteiger partial charge in [-0.3, -0.25) is 10.1 Å². The molecule has 3 nitrogen and oxygen atoms in total. The zero-order chi connectivity index (χ0) is 10.0. The van der Waals surface area contributed by atoms with E-state index in [0.717, 1.165) is 6.42 Å². The number of amides is 1. The van der Waals surface area contributed by atoms with E-state index in [9.17, 15) is 4.79 Å². The number of rotatable bonds is 3. The smallest absolute Gasteiger partial charge is 0.240 e. The van der Waals surface area contributed by atoms with Gasteiger partial charge >= 0.3 is 0 Å². The first-order chi connectivity index (χ1) is 6.02. The summed E-state index contributed by atoms with van der Waals surface area (Å²) >= 11 is 0. The standard InChI is InChI=1S/C10H20N2O/c1-7(2)5-8(3)12-6-11-9(4)10(12)13/h7-9,11H,5-6H2,1-4H3. The largest absolute Gasteiger partial charge is 0.326 e. The van der Waals surface area contributed by atoms with Crippen molar-refractivity contribution in [2.24, 2.45) is 5.92 Å². The lowest BCUT2D eigenvalue weighted by Crippen LogP contribution is -2.37. The van der Waals surface area contributed by atoms with Gasteiger partial charge in [-0.15, -0.1) is 0 Å². The van der Waals surface area contributed by atoms with Crippen LogP contribution in [0.2, 0.25) is 0 Å². The van der Waals surface area contributed by atoms with Crippen LogP contribution in [0.15, 0.2) is 0 Å². The summed E-state index contributed by atoms with van der Waals surface area (Å²) in [5.41, 5.74) is 0. The summed E-state index contributed by atoms with van der Waals surface area (Å²) in [6, 6.07) is 0.375. The molecule has 0 aliphatic carbocycles. The third-order valence-corrected chi connectivity index (χ3v) is 2.57. The lowest BCUT2D eigenvalue weighted by molar-refractivity contribution is -0.130. The van der Waals surface area contributed by atoms with Crippen LogP contribution in [-0.4, -0.2) is 29.6 Å². The monoisotopic (exact) mass is 184 g/mol. The minimum absolute atomic E-state index is 0.00890. The van der Waals surface area contributed by atoms with Crippen LogP contribution in [-0.2, 0) is 4.79 Å². The van der Waals surface area contributed by atoms with E-state index in [0.29, 0.717) is 18.6 Å². The number of nitrogens with zero attached hydrogens (tertiary/aromatic N) is 1. The number of hydrogen-bond donors (Lipinski definition) is 1. The van der Waals surface area contributed by atoms with Crippen molar-refractivity contribution in [3.05, 3.63) is 0 Å². The fourth-order valence-electron chi connectivity index (χ4n) is 1.83. The lowest BCUT2D eigenvalue weighted by atomic mass is 10.0. The van der Waals surface area contributed by atoms with Gasteiger partial charge in [0, 0.05) is 6.04 Å². The van der Waals surface area contributed by atoms with Gasteiger partial charge in [-0.1, -0.05) is 13.8 Å². The average molecular weight is 184 g/mol. The lowest BCUT2D eigenvalue weighted by Gasteiger charge is -2.25. The van der Waals surface area contributed by atoms with Crippen LogP contribution in [0.1, 0.15) is 34.1 Å². The molecule has 3 heteroatoms. The molecular formula is C10H20N2O. The minimum Gasteiger partial charge on any atom is -0.326 e.